The Morgan fingerprint density at radius 1 is 1.16 bits per heavy atom. The minimum absolute atomic E-state index is 0.00238. The van der Waals surface area contributed by atoms with E-state index in [1.54, 1.807) is 37.4 Å². The molecule has 1 aliphatic heterocycles. The fraction of sp³-hybridized carbons (Fsp3) is 0.391. The van der Waals surface area contributed by atoms with Gasteiger partial charge in [-0.2, -0.15) is 0 Å². The van der Waals surface area contributed by atoms with Crippen molar-refractivity contribution in [3.05, 3.63) is 59.9 Å². The van der Waals surface area contributed by atoms with Crippen LogP contribution in [0.3, 0.4) is 0 Å². The zero-order chi connectivity index (χ0) is 22.9. The van der Waals surface area contributed by atoms with Crippen LogP contribution in [-0.2, 0) is 4.74 Å². The molecule has 8 nitrogen and oxygen atoms in total. The molecule has 0 unspecified atom stereocenters. The predicted octanol–water partition coefficient (Wildman–Crippen LogP) is 2.68. The molecular weight excluding hydrogens is 417 g/mol. The number of carbonyl (C=O) groups excluding carboxylic acids is 2. The summed E-state index contributed by atoms with van der Waals surface area (Å²) in [6, 6.07) is 12.0. The van der Waals surface area contributed by atoms with E-state index in [4.69, 9.17) is 9.47 Å². The number of ether oxygens (including phenoxy) is 2. The van der Waals surface area contributed by atoms with Crippen molar-refractivity contribution in [1.29, 1.82) is 0 Å². The Morgan fingerprint density at radius 3 is 2.59 bits per heavy atom. The molecule has 3 rings (SSSR count). The van der Waals surface area contributed by atoms with Gasteiger partial charge in [-0.3, -0.25) is 4.79 Å². The standard InChI is InChI=1S/C23H28FN3O5/c1-31-16-8-6-15(7-9-16)26-23(30)27-20-11-10-17(32-21(20)14-28)12-13-25-22(29)18-4-2-3-5-19(18)24/h2-9,17,20-21,28H,10-14H2,1H3,(H,25,29)(H2,26,27,30)/t17-,20+,21+/m0/s1. The lowest BCUT2D eigenvalue weighted by Crippen LogP contribution is -2.52. The fourth-order valence-electron chi connectivity index (χ4n) is 3.61. The predicted molar refractivity (Wildman–Crippen MR) is 117 cm³/mol. The minimum Gasteiger partial charge on any atom is -0.497 e. The van der Waals surface area contributed by atoms with Crippen LogP contribution in [0.1, 0.15) is 29.6 Å². The Balaban J connectivity index is 1.43. The van der Waals surface area contributed by atoms with E-state index in [1.807, 2.05) is 0 Å². The lowest BCUT2D eigenvalue weighted by atomic mass is 9.97. The Hall–Kier alpha value is -3.17. The number of anilines is 1. The number of hydrogen-bond donors (Lipinski definition) is 4. The SMILES string of the molecule is COc1ccc(NC(=O)N[C@@H]2CC[C@@H](CCNC(=O)c3ccccc3F)O[C@@H]2CO)cc1. The maximum Gasteiger partial charge on any atom is 0.319 e. The molecule has 1 aliphatic rings. The van der Waals surface area contributed by atoms with Gasteiger partial charge in [0.15, 0.2) is 0 Å². The van der Waals surface area contributed by atoms with Gasteiger partial charge in [0.2, 0.25) is 0 Å². The summed E-state index contributed by atoms with van der Waals surface area (Å²) in [7, 11) is 1.57. The molecule has 4 N–H and O–H groups in total. The Morgan fingerprint density at radius 2 is 1.91 bits per heavy atom. The highest BCUT2D eigenvalue weighted by Crippen LogP contribution is 2.22. The number of aliphatic hydroxyl groups excluding tert-OH is 1. The highest BCUT2D eigenvalue weighted by Gasteiger charge is 2.31. The number of hydrogen-bond acceptors (Lipinski definition) is 5. The third kappa shape index (κ3) is 6.41. The Labute approximate surface area is 186 Å². The number of urea groups is 1. The molecule has 0 bridgehead atoms. The van der Waals surface area contributed by atoms with Gasteiger partial charge in [0.1, 0.15) is 17.7 Å². The summed E-state index contributed by atoms with van der Waals surface area (Å²) in [4.78, 5) is 24.4. The van der Waals surface area contributed by atoms with Crippen LogP contribution in [0.5, 0.6) is 5.75 Å². The molecule has 2 aromatic carbocycles. The molecule has 0 saturated carbocycles. The maximum absolute atomic E-state index is 13.7. The lowest BCUT2D eigenvalue weighted by molar-refractivity contribution is -0.0886. The molecule has 0 radical (unpaired) electrons. The fourth-order valence-corrected chi connectivity index (χ4v) is 3.61. The molecule has 0 aliphatic carbocycles. The Bertz CT molecular complexity index is 909. The summed E-state index contributed by atoms with van der Waals surface area (Å²) in [6.07, 6.45) is 1.04. The van der Waals surface area contributed by atoms with Crippen molar-refractivity contribution in [3.8, 4) is 5.75 Å². The van der Waals surface area contributed by atoms with E-state index < -0.39 is 23.9 Å². The summed E-state index contributed by atoms with van der Waals surface area (Å²) in [5.41, 5.74) is 0.612. The van der Waals surface area contributed by atoms with Gasteiger partial charge in [-0.15, -0.1) is 0 Å². The number of amides is 3. The second kappa shape index (κ2) is 11.4. The van der Waals surface area contributed by atoms with Crippen LogP contribution in [0.2, 0.25) is 0 Å². The number of methoxy groups -OCH3 is 1. The van der Waals surface area contributed by atoms with Crippen molar-refractivity contribution in [2.45, 2.75) is 37.5 Å². The third-order valence-electron chi connectivity index (χ3n) is 5.33. The monoisotopic (exact) mass is 445 g/mol. The van der Waals surface area contributed by atoms with E-state index in [0.29, 0.717) is 37.2 Å². The largest absolute Gasteiger partial charge is 0.497 e. The highest BCUT2D eigenvalue weighted by atomic mass is 19.1. The summed E-state index contributed by atoms with van der Waals surface area (Å²) in [5.74, 6) is -0.360. The van der Waals surface area contributed by atoms with Crippen LogP contribution in [0.4, 0.5) is 14.9 Å². The molecule has 3 atom stereocenters. The van der Waals surface area contributed by atoms with Crippen LogP contribution in [0.25, 0.3) is 0 Å². The van der Waals surface area contributed by atoms with E-state index in [0.717, 1.165) is 0 Å². The van der Waals surface area contributed by atoms with E-state index in [9.17, 15) is 19.1 Å². The molecule has 172 valence electrons. The van der Waals surface area contributed by atoms with Crippen molar-refractivity contribution in [3.63, 3.8) is 0 Å². The molecule has 3 amide bonds. The topological polar surface area (TPSA) is 109 Å². The van der Waals surface area contributed by atoms with Gasteiger partial charge >= 0.3 is 6.03 Å². The molecule has 1 heterocycles. The highest BCUT2D eigenvalue weighted by molar-refractivity contribution is 5.94. The average molecular weight is 445 g/mol. The van der Waals surface area contributed by atoms with Gasteiger partial charge in [-0.05, 0) is 55.7 Å². The van der Waals surface area contributed by atoms with Gasteiger partial charge in [-0.1, -0.05) is 12.1 Å². The van der Waals surface area contributed by atoms with E-state index >= 15 is 0 Å². The number of rotatable bonds is 8. The lowest BCUT2D eigenvalue weighted by Gasteiger charge is -2.36. The number of benzene rings is 2. The molecule has 9 heteroatoms. The van der Waals surface area contributed by atoms with E-state index in [-0.39, 0.29) is 24.3 Å². The molecule has 1 saturated heterocycles. The summed E-state index contributed by atoms with van der Waals surface area (Å²) in [5, 5.41) is 18.0. The zero-order valence-electron chi connectivity index (χ0n) is 17.8. The number of halogens is 1. The van der Waals surface area contributed by atoms with Crippen LogP contribution >= 0.6 is 0 Å². The maximum atomic E-state index is 13.7. The van der Waals surface area contributed by atoms with Gasteiger partial charge in [0.05, 0.1) is 31.4 Å². The first-order valence-corrected chi connectivity index (χ1v) is 10.5. The Kier molecular flexibility index (Phi) is 8.41. The van der Waals surface area contributed by atoms with Crippen molar-refractivity contribution in [2.75, 3.05) is 25.6 Å². The van der Waals surface area contributed by atoms with Crippen LogP contribution in [-0.4, -0.2) is 55.6 Å². The first-order valence-electron chi connectivity index (χ1n) is 10.5. The second-order valence-corrected chi connectivity index (χ2v) is 7.51. The first-order chi connectivity index (χ1) is 15.5. The molecule has 0 aromatic heterocycles. The quantitative estimate of drug-likeness (QED) is 0.500. The number of nitrogens with one attached hydrogen (secondary N) is 3. The molecule has 2 aromatic rings. The minimum atomic E-state index is -0.568. The van der Waals surface area contributed by atoms with Crippen molar-refractivity contribution in [1.82, 2.24) is 10.6 Å². The summed E-state index contributed by atoms with van der Waals surface area (Å²) in [6.45, 7) is 0.0671. The van der Waals surface area contributed by atoms with Gasteiger partial charge < -0.3 is 30.5 Å². The van der Waals surface area contributed by atoms with Crippen LogP contribution < -0.4 is 20.7 Å². The number of aliphatic hydroxyl groups is 1. The van der Waals surface area contributed by atoms with E-state index in [1.165, 1.54) is 18.2 Å². The van der Waals surface area contributed by atoms with E-state index in [2.05, 4.69) is 16.0 Å². The molecule has 1 fully saturated rings. The van der Waals surface area contributed by atoms with Crippen LogP contribution in [0, 0.1) is 5.82 Å². The molecule has 32 heavy (non-hydrogen) atoms. The second-order valence-electron chi connectivity index (χ2n) is 7.51. The summed E-state index contributed by atoms with van der Waals surface area (Å²) < 4.78 is 24.7. The van der Waals surface area contributed by atoms with Gasteiger partial charge in [0, 0.05) is 12.2 Å². The smallest absolute Gasteiger partial charge is 0.319 e. The first kappa shape index (κ1) is 23.5. The summed E-state index contributed by atoms with van der Waals surface area (Å²) >= 11 is 0. The van der Waals surface area contributed by atoms with Crippen molar-refractivity contribution >= 4 is 17.6 Å². The van der Waals surface area contributed by atoms with Gasteiger partial charge in [0.25, 0.3) is 5.91 Å². The van der Waals surface area contributed by atoms with Gasteiger partial charge in [-0.25, -0.2) is 9.18 Å². The zero-order valence-corrected chi connectivity index (χ0v) is 17.8. The average Bonchev–Trinajstić information content (AvgIpc) is 2.80. The molecular formula is C23H28FN3O5. The van der Waals surface area contributed by atoms with Crippen molar-refractivity contribution < 1.29 is 28.6 Å². The number of carbonyl (C=O) groups is 2. The van der Waals surface area contributed by atoms with Crippen LogP contribution in [0.15, 0.2) is 48.5 Å². The third-order valence-corrected chi connectivity index (χ3v) is 5.33. The normalized spacial score (nSPS) is 20.3. The molecule has 0 spiro atoms. The van der Waals surface area contributed by atoms with Crippen molar-refractivity contribution in [2.24, 2.45) is 0 Å².